The molecule has 8 heteroatoms. The molecule has 0 aliphatic heterocycles. The van der Waals surface area contributed by atoms with Crippen LogP contribution in [-0.2, 0) is 0 Å². The number of anilines is 1. The van der Waals surface area contributed by atoms with Gasteiger partial charge in [-0.1, -0.05) is 0 Å². The fourth-order valence-electron chi connectivity index (χ4n) is 2.07. The highest BCUT2D eigenvalue weighted by Crippen LogP contribution is 2.41. The predicted octanol–water partition coefficient (Wildman–Crippen LogP) is -1.08. The summed E-state index contributed by atoms with van der Waals surface area (Å²) in [7, 11) is 0. The summed E-state index contributed by atoms with van der Waals surface area (Å²) in [6.07, 6.45) is 3.19. The van der Waals surface area contributed by atoms with Gasteiger partial charge >= 0.3 is 0 Å². The van der Waals surface area contributed by atoms with Gasteiger partial charge in [0.2, 0.25) is 5.95 Å². The molecule has 1 aliphatic rings. The van der Waals surface area contributed by atoms with Crippen LogP contribution in [0.4, 0.5) is 5.95 Å². The van der Waals surface area contributed by atoms with Gasteiger partial charge in [-0.05, 0) is 12.0 Å². The lowest BCUT2D eigenvalue weighted by Gasteiger charge is -2.01. The van der Waals surface area contributed by atoms with Gasteiger partial charge < -0.3 is 15.9 Å². The summed E-state index contributed by atoms with van der Waals surface area (Å²) < 4.78 is 1.60. The first kappa shape index (κ1) is 11.9. The van der Waals surface area contributed by atoms with E-state index in [2.05, 4.69) is 15.0 Å². The van der Waals surface area contributed by atoms with Crippen LogP contribution in [0, 0.1) is 5.92 Å². The molecule has 0 saturated heterocycles. The maximum atomic E-state index is 11.6. The topological polar surface area (TPSA) is 130 Å². The number of nitrogens with two attached hydrogens (primary N) is 1. The van der Waals surface area contributed by atoms with E-state index >= 15 is 0 Å². The highest BCUT2D eigenvalue weighted by Gasteiger charge is 2.36. The van der Waals surface area contributed by atoms with Crippen molar-refractivity contribution in [3.8, 4) is 0 Å². The third-order valence-electron chi connectivity index (χ3n) is 3.18. The van der Waals surface area contributed by atoms with E-state index in [4.69, 9.17) is 10.8 Å². The second-order valence-corrected chi connectivity index (χ2v) is 4.54. The first-order valence-corrected chi connectivity index (χ1v) is 5.82. The first-order valence-electron chi connectivity index (χ1n) is 5.82. The molecule has 1 aliphatic carbocycles. The molecule has 2 atom stereocenters. The van der Waals surface area contributed by atoms with Gasteiger partial charge in [0.15, 0.2) is 11.2 Å². The highest BCUT2D eigenvalue weighted by molar-refractivity contribution is 5.73. The van der Waals surface area contributed by atoms with Crippen molar-refractivity contribution in [3.05, 3.63) is 22.3 Å². The number of nitrogens with zero attached hydrogens (tertiary/aromatic N) is 3. The molecule has 3 rings (SSSR count). The third kappa shape index (κ3) is 2.00. The Kier molecular flexibility index (Phi) is 2.61. The monoisotopic (exact) mass is 263 g/mol. The molecular weight excluding hydrogens is 250 g/mol. The molecular formula is C11H13N5O3. The number of nitrogens with one attached hydrogen (secondary N) is 1. The van der Waals surface area contributed by atoms with E-state index in [1.807, 2.05) is 0 Å². The van der Waals surface area contributed by atoms with Crippen LogP contribution < -0.4 is 11.3 Å². The summed E-state index contributed by atoms with van der Waals surface area (Å²) >= 11 is 0. The zero-order valence-electron chi connectivity index (χ0n) is 9.95. The smallest absolute Gasteiger partial charge is 0.280 e. The van der Waals surface area contributed by atoms with Gasteiger partial charge in [0.25, 0.3) is 5.56 Å². The van der Waals surface area contributed by atoms with Crippen LogP contribution >= 0.6 is 0 Å². The second kappa shape index (κ2) is 4.18. The lowest BCUT2D eigenvalue weighted by Crippen LogP contribution is -2.14. The maximum absolute atomic E-state index is 11.6. The average molecular weight is 263 g/mol. The SMILES string of the molecule is Nc1nc2c(ncn2/C=C2\C[C@@H]2[C@@H](O)CO)c(=O)[nH]1. The molecule has 0 bridgehead atoms. The molecule has 2 aromatic rings. The molecule has 0 spiro atoms. The Bertz CT molecular complexity index is 717. The van der Waals surface area contributed by atoms with Crippen molar-refractivity contribution in [1.82, 2.24) is 19.5 Å². The molecule has 5 N–H and O–H groups in total. The largest absolute Gasteiger partial charge is 0.394 e. The van der Waals surface area contributed by atoms with Crippen molar-refractivity contribution in [2.45, 2.75) is 12.5 Å². The highest BCUT2D eigenvalue weighted by atomic mass is 16.3. The van der Waals surface area contributed by atoms with Crippen LogP contribution in [0.25, 0.3) is 17.4 Å². The lowest BCUT2D eigenvalue weighted by atomic mass is 10.2. The number of nitrogen functional groups attached to an aromatic ring is 1. The molecule has 8 nitrogen and oxygen atoms in total. The summed E-state index contributed by atoms with van der Waals surface area (Å²) in [5.74, 6) is -0.0119. The van der Waals surface area contributed by atoms with Crippen molar-refractivity contribution in [2.24, 2.45) is 5.92 Å². The standard InChI is InChI=1S/C11H13N5O3/c12-11-14-9-8(10(19)15-11)13-4-16(9)2-5-1-6(5)7(18)3-17/h2,4,6-7,17-18H,1,3H2,(H3,12,14,15,19)/b5-2+/t6-,7-/m0/s1. The number of aliphatic hydroxyl groups excluding tert-OH is 2. The number of imidazole rings is 1. The molecule has 100 valence electrons. The number of rotatable bonds is 3. The molecule has 19 heavy (non-hydrogen) atoms. The molecule has 0 amide bonds. The molecule has 1 fully saturated rings. The summed E-state index contributed by atoms with van der Waals surface area (Å²) in [5.41, 5.74) is 6.67. The number of aromatic nitrogens is 4. The number of hydrogen-bond donors (Lipinski definition) is 4. The number of fused-ring (bicyclic) bond motifs is 1. The van der Waals surface area contributed by atoms with Gasteiger partial charge in [-0.2, -0.15) is 4.98 Å². The zero-order chi connectivity index (χ0) is 13.6. The average Bonchev–Trinajstić information content (AvgIpc) is 3.02. The quantitative estimate of drug-likeness (QED) is 0.557. The van der Waals surface area contributed by atoms with E-state index < -0.39 is 6.10 Å². The van der Waals surface area contributed by atoms with Crippen molar-refractivity contribution in [2.75, 3.05) is 12.3 Å². The van der Waals surface area contributed by atoms with E-state index in [1.165, 1.54) is 6.33 Å². The van der Waals surface area contributed by atoms with Crippen molar-refractivity contribution >= 4 is 23.3 Å². The Morgan fingerprint density at radius 3 is 3.21 bits per heavy atom. The van der Waals surface area contributed by atoms with Crippen LogP contribution in [0.2, 0.25) is 0 Å². The van der Waals surface area contributed by atoms with Gasteiger partial charge in [-0.15, -0.1) is 0 Å². The normalized spacial score (nSPS) is 22.0. The van der Waals surface area contributed by atoms with Crippen molar-refractivity contribution in [1.29, 1.82) is 0 Å². The minimum Gasteiger partial charge on any atom is -0.394 e. The zero-order valence-corrected chi connectivity index (χ0v) is 9.95. The van der Waals surface area contributed by atoms with Gasteiger partial charge in [0.1, 0.15) is 6.33 Å². The van der Waals surface area contributed by atoms with E-state index in [-0.39, 0.29) is 29.5 Å². The van der Waals surface area contributed by atoms with Crippen LogP contribution in [0.5, 0.6) is 0 Å². The molecule has 1 saturated carbocycles. The van der Waals surface area contributed by atoms with Crippen LogP contribution in [0.1, 0.15) is 6.42 Å². The number of H-pyrrole nitrogens is 1. The van der Waals surface area contributed by atoms with Crippen molar-refractivity contribution < 1.29 is 10.2 Å². The van der Waals surface area contributed by atoms with Crippen molar-refractivity contribution in [3.63, 3.8) is 0 Å². The maximum Gasteiger partial charge on any atom is 0.280 e. The Morgan fingerprint density at radius 1 is 1.68 bits per heavy atom. The predicted molar refractivity (Wildman–Crippen MR) is 68.0 cm³/mol. The summed E-state index contributed by atoms with van der Waals surface area (Å²) in [6.45, 7) is -0.266. The van der Waals surface area contributed by atoms with Gasteiger partial charge in [0.05, 0.1) is 12.7 Å². The fraction of sp³-hybridized carbons (Fsp3) is 0.364. The summed E-state index contributed by atoms with van der Waals surface area (Å²) in [5, 5.41) is 18.4. The van der Waals surface area contributed by atoms with Gasteiger partial charge in [-0.3, -0.25) is 14.3 Å². The molecule has 0 unspecified atom stereocenters. The van der Waals surface area contributed by atoms with Gasteiger partial charge in [0, 0.05) is 12.1 Å². The fourth-order valence-corrected chi connectivity index (χ4v) is 2.07. The van der Waals surface area contributed by atoms with E-state index in [1.54, 1.807) is 10.8 Å². The van der Waals surface area contributed by atoms with Crippen LogP contribution in [-0.4, -0.2) is 42.4 Å². The summed E-state index contributed by atoms with van der Waals surface area (Å²) in [6, 6.07) is 0. The lowest BCUT2D eigenvalue weighted by molar-refractivity contribution is 0.0815. The third-order valence-corrected chi connectivity index (χ3v) is 3.18. The molecule has 2 aromatic heterocycles. The van der Waals surface area contributed by atoms with E-state index in [9.17, 15) is 9.90 Å². The minimum absolute atomic E-state index is 0.0281. The Labute approximate surface area is 107 Å². The Balaban J connectivity index is 2.00. The first-order chi connectivity index (χ1) is 9.10. The second-order valence-electron chi connectivity index (χ2n) is 4.54. The molecule has 2 heterocycles. The number of hydrogen-bond acceptors (Lipinski definition) is 6. The van der Waals surface area contributed by atoms with E-state index in [0.717, 1.165) is 5.57 Å². The van der Waals surface area contributed by atoms with Gasteiger partial charge in [-0.25, -0.2) is 4.98 Å². The van der Waals surface area contributed by atoms with Crippen LogP contribution in [0.3, 0.4) is 0 Å². The van der Waals surface area contributed by atoms with Crippen LogP contribution in [0.15, 0.2) is 16.7 Å². The Hall–Kier alpha value is -2.19. The minimum atomic E-state index is -0.748. The Morgan fingerprint density at radius 2 is 2.47 bits per heavy atom. The number of aliphatic hydroxyl groups is 2. The summed E-state index contributed by atoms with van der Waals surface area (Å²) in [4.78, 5) is 22.0. The number of aromatic amines is 1. The van der Waals surface area contributed by atoms with E-state index in [0.29, 0.717) is 12.1 Å². The molecule has 0 radical (unpaired) electrons. The molecule has 0 aromatic carbocycles.